The fourth-order valence-electron chi connectivity index (χ4n) is 5.24. The summed E-state index contributed by atoms with van der Waals surface area (Å²) in [6.07, 6.45) is 5.50. The van der Waals surface area contributed by atoms with Crippen LogP contribution in [0.2, 0.25) is 0 Å². The highest BCUT2D eigenvalue weighted by atomic mass is 16.5. The largest absolute Gasteiger partial charge is 0.497 e. The van der Waals surface area contributed by atoms with E-state index in [4.69, 9.17) is 14.6 Å². The predicted molar refractivity (Wildman–Crippen MR) is 140 cm³/mol. The second-order valence-corrected chi connectivity index (χ2v) is 10.1. The van der Waals surface area contributed by atoms with Crippen LogP contribution in [0.25, 0.3) is 0 Å². The van der Waals surface area contributed by atoms with Gasteiger partial charge in [-0.2, -0.15) is 5.10 Å². The molecule has 9 nitrogen and oxygen atoms in total. The maximum atomic E-state index is 13.8. The molecule has 2 fully saturated rings. The highest BCUT2D eigenvalue weighted by molar-refractivity contribution is 6.02. The van der Waals surface area contributed by atoms with Crippen LogP contribution in [0.5, 0.6) is 5.75 Å². The lowest BCUT2D eigenvalue weighted by Gasteiger charge is -2.34. The Morgan fingerprint density at radius 3 is 2.51 bits per heavy atom. The minimum atomic E-state index is -0.233. The van der Waals surface area contributed by atoms with Gasteiger partial charge in [-0.1, -0.05) is 18.6 Å². The monoisotopic (exact) mass is 507 g/mol. The van der Waals surface area contributed by atoms with Gasteiger partial charge in [0.15, 0.2) is 0 Å². The van der Waals surface area contributed by atoms with Crippen molar-refractivity contribution in [3.63, 3.8) is 0 Å². The number of aryl methyl sites for hydroxylation is 1. The number of benzene rings is 1. The number of rotatable bonds is 9. The summed E-state index contributed by atoms with van der Waals surface area (Å²) in [4.78, 5) is 31.2. The number of aromatic nitrogens is 1. The maximum absolute atomic E-state index is 13.8. The van der Waals surface area contributed by atoms with Gasteiger partial charge in [-0.05, 0) is 42.7 Å². The Labute approximate surface area is 218 Å². The van der Waals surface area contributed by atoms with Crippen LogP contribution in [0.3, 0.4) is 0 Å². The summed E-state index contributed by atoms with van der Waals surface area (Å²) in [7, 11) is 3.62. The van der Waals surface area contributed by atoms with Crippen LogP contribution in [-0.2, 0) is 21.4 Å². The van der Waals surface area contributed by atoms with Crippen molar-refractivity contribution in [1.82, 2.24) is 19.4 Å². The second-order valence-electron chi connectivity index (χ2n) is 10.1. The van der Waals surface area contributed by atoms with Crippen molar-refractivity contribution in [2.24, 2.45) is 18.1 Å². The van der Waals surface area contributed by atoms with E-state index in [1.165, 1.54) is 0 Å². The first-order valence-electron chi connectivity index (χ1n) is 13.3. The first-order valence-corrected chi connectivity index (χ1v) is 13.3. The van der Waals surface area contributed by atoms with E-state index in [1.807, 2.05) is 54.2 Å². The number of ether oxygens (including phenoxy) is 2. The Kier molecular flexibility index (Phi) is 7.90. The topological polar surface area (TPSA) is 79.6 Å². The number of nitrogens with zero attached hydrogens (tertiary/aromatic N) is 5. The molecule has 0 radical (unpaired) electrons. The first-order chi connectivity index (χ1) is 18.0. The SMILES string of the molecule is COc1ccc([C@H]2CC(c3cccn3C)=NN2C(=O)CN(CCN2CCOCC2)C(=O)C2CCC2)cc1. The molecule has 1 saturated carbocycles. The molecule has 1 aromatic heterocycles. The highest BCUT2D eigenvalue weighted by Gasteiger charge is 2.37. The summed E-state index contributed by atoms with van der Waals surface area (Å²) < 4.78 is 12.8. The summed E-state index contributed by atoms with van der Waals surface area (Å²) in [6.45, 7) is 4.46. The van der Waals surface area contributed by atoms with E-state index in [9.17, 15) is 9.59 Å². The van der Waals surface area contributed by atoms with Crippen LogP contribution in [0, 0.1) is 5.92 Å². The molecule has 2 aliphatic heterocycles. The lowest BCUT2D eigenvalue weighted by Crippen LogP contribution is -2.49. The van der Waals surface area contributed by atoms with E-state index in [1.54, 1.807) is 17.0 Å². The van der Waals surface area contributed by atoms with Crippen molar-refractivity contribution < 1.29 is 19.1 Å². The van der Waals surface area contributed by atoms with E-state index >= 15 is 0 Å². The van der Waals surface area contributed by atoms with Crippen molar-refractivity contribution in [1.29, 1.82) is 0 Å². The number of methoxy groups -OCH3 is 1. The van der Waals surface area contributed by atoms with E-state index < -0.39 is 0 Å². The minimum absolute atomic E-state index is 0.0379. The average molecular weight is 508 g/mol. The number of carbonyl (C=O) groups excluding carboxylic acids is 2. The third kappa shape index (κ3) is 5.72. The minimum Gasteiger partial charge on any atom is -0.497 e. The fraction of sp³-hybridized carbons (Fsp3) is 0.536. The van der Waals surface area contributed by atoms with Crippen molar-refractivity contribution in [3.05, 3.63) is 53.9 Å². The van der Waals surface area contributed by atoms with Crippen LogP contribution in [0.1, 0.15) is 43.0 Å². The molecule has 2 aromatic rings. The summed E-state index contributed by atoms with van der Waals surface area (Å²) in [5.74, 6) is 0.749. The second kappa shape index (κ2) is 11.5. The number of hydrazone groups is 1. The molecule has 1 atom stereocenters. The van der Waals surface area contributed by atoms with Crippen LogP contribution in [0.15, 0.2) is 47.7 Å². The summed E-state index contributed by atoms with van der Waals surface area (Å²) >= 11 is 0. The number of hydrogen-bond donors (Lipinski definition) is 0. The molecule has 0 N–H and O–H groups in total. The summed E-state index contributed by atoms with van der Waals surface area (Å²) in [5.41, 5.74) is 2.85. The molecule has 3 aliphatic rings. The predicted octanol–water partition coefficient (Wildman–Crippen LogP) is 2.67. The zero-order valence-electron chi connectivity index (χ0n) is 21.8. The van der Waals surface area contributed by atoms with Gasteiger partial charge in [0, 0.05) is 51.8 Å². The lowest BCUT2D eigenvalue weighted by atomic mass is 9.84. The van der Waals surface area contributed by atoms with Crippen molar-refractivity contribution in [2.45, 2.75) is 31.7 Å². The van der Waals surface area contributed by atoms with Crippen LogP contribution >= 0.6 is 0 Å². The molecule has 9 heteroatoms. The van der Waals surface area contributed by atoms with Crippen LogP contribution < -0.4 is 4.74 Å². The van der Waals surface area contributed by atoms with E-state index in [0.29, 0.717) is 26.2 Å². The number of hydrogen-bond acceptors (Lipinski definition) is 6. The Bertz CT molecular complexity index is 1120. The lowest BCUT2D eigenvalue weighted by molar-refractivity contribution is -0.145. The van der Waals surface area contributed by atoms with Crippen molar-refractivity contribution in [2.75, 3.05) is 53.0 Å². The molecule has 1 aromatic carbocycles. The van der Waals surface area contributed by atoms with Gasteiger partial charge in [0.25, 0.3) is 5.91 Å². The van der Waals surface area contributed by atoms with Gasteiger partial charge in [0.1, 0.15) is 12.3 Å². The molecule has 198 valence electrons. The van der Waals surface area contributed by atoms with Gasteiger partial charge in [0.2, 0.25) is 5.91 Å². The summed E-state index contributed by atoms with van der Waals surface area (Å²) in [6, 6.07) is 11.6. The third-order valence-electron chi connectivity index (χ3n) is 7.79. The Balaban J connectivity index is 1.36. The van der Waals surface area contributed by atoms with E-state index in [-0.39, 0.29) is 30.3 Å². The van der Waals surface area contributed by atoms with Crippen molar-refractivity contribution in [3.8, 4) is 5.75 Å². The van der Waals surface area contributed by atoms with Gasteiger partial charge >= 0.3 is 0 Å². The number of amides is 2. The molecule has 0 bridgehead atoms. The van der Waals surface area contributed by atoms with Crippen LogP contribution in [-0.4, -0.2) is 89.9 Å². The summed E-state index contributed by atoms with van der Waals surface area (Å²) in [5, 5.41) is 6.41. The van der Waals surface area contributed by atoms with Gasteiger partial charge in [-0.3, -0.25) is 14.5 Å². The molecule has 0 spiro atoms. The maximum Gasteiger partial charge on any atom is 0.262 e. The molecule has 1 aliphatic carbocycles. The molecule has 1 saturated heterocycles. The van der Waals surface area contributed by atoms with E-state index in [0.717, 1.165) is 61.6 Å². The number of morpholine rings is 1. The highest BCUT2D eigenvalue weighted by Crippen LogP contribution is 2.34. The van der Waals surface area contributed by atoms with Gasteiger partial charge in [-0.15, -0.1) is 0 Å². The molecule has 3 heterocycles. The van der Waals surface area contributed by atoms with Gasteiger partial charge < -0.3 is 18.9 Å². The average Bonchev–Trinajstić information content (AvgIpc) is 3.52. The molecule has 5 rings (SSSR count). The van der Waals surface area contributed by atoms with Crippen LogP contribution in [0.4, 0.5) is 0 Å². The third-order valence-corrected chi connectivity index (χ3v) is 7.79. The van der Waals surface area contributed by atoms with Gasteiger partial charge in [-0.25, -0.2) is 5.01 Å². The zero-order valence-corrected chi connectivity index (χ0v) is 21.8. The Morgan fingerprint density at radius 2 is 1.89 bits per heavy atom. The van der Waals surface area contributed by atoms with Gasteiger partial charge in [0.05, 0.1) is 37.8 Å². The van der Waals surface area contributed by atoms with E-state index in [2.05, 4.69) is 4.90 Å². The normalized spacial score (nSPS) is 20.4. The smallest absolute Gasteiger partial charge is 0.262 e. The Morgan fingerprint density at radius 1 is 1.14 bits per heavy atom. The molecule has 2 amide bonds. The van der Waals surface area contributed by atoms with Crippen molar-refractivity contribution >= 4 is 17.5 Å². The molecular formula is C28H37N5O4. The molecule has 0 unspecified atom stereocenters. The number of carbonyl (C=O) groups is 2. The Hall–Kier alpha value is -3.17. The molecule has 37 heavy (non-hydrogen) atoms. The quantitative estimate of drug-likeness (QED) is 0.522. The fourth-order valence-corrected chi connectivity index (χ4v) is 5.24. The standard InChI is InChI=1S/C28H37N5O4/c1-30-12-4-7-25(30)24-19-26(21-8-10-23(36-2)11-9-21)33(29-24)27(34)20-32(28(35)22-5-3-6-22)14-13-31-15-17-37-18-16-31/h4,7-12,22,26H,3,5-6,13-20H2,1-2H3/t26-/m1/s1. The molecular weight excluding hydrogens is 470 g/mol. The first kappa shape index (κ1) is 25.5. The zero-order chi connectivity index (χ0) is 25.8.